The van der Waals surface area contributed by atoms with E-state index >= 15 is 0 Å². The third-order valence-electron chi connectivity index (χ3n) is 3.84. The summed E-state index contributed by atoms with van der Waals surface area (Å²) in [6.07, 6.45) is 1.52. The maximum atomic E-state index is 12.4. The molecule has 1 aromatic carbocycles. The molecule has 1 aliphatic heterocycles. The van der Waals surface area contributed by atoms with Crippen molar-refractivity contribution < 1.29 is 9.21 Å². The summed E-state index contributed by atoms with van der Waals surface area (Å²) in [5.74, 6) is 0.741. The van der Waals surface area contributed by atoms with Gasteiger partial charge in [-0.2, -0.15) is 0 Å². The zero-order valence-electron chi connectivity index (χ0n) is 12.2. The molecule has 5 heteroatoms. The number of aromatic nitrogens is 1. The van der Waals surface area contributed by atoms with Crippen LogP contribution in [-0.4, -0.2) is 53.4 Å². The molecule has 110 valence electrons. The van der Waals surface area contributed by atoms with E-state index in [-0.39, 0.29) is 5.91 Å². The minimum absolute atomic E-state index is 0.0690. The Morgan fingerprint density at radius 1 is 1.19 bits per heavy atom. The van der Waals surface area contributed by atoms with E-state index in [9.17, 15) is 4.79 Å². The molecule has 1 saturated heterocycles. The standard InChI is InChI=1S/C16H19N3O2/c1-2-18-8-10-19(11-9-18)16(20)14-12-17-15(21-14)13-6-4-3-5-7-13/h3-7,12H,2,8-11H2,1H3. The highest BCUT2D eigenvalue weighted by Crippen LogP contribution is 2.19. The monoisotopic (exact) mass is 285 g/mol. The van der Waals surface area contributed by atoms with Crippen LogP contribution in [-0.2, 0) is 0 Å². The highest BCUT2D eigenvalue weighted by atomic mass is 16.4. The first-order chi connectivity index (χ1) is 10.3. The normalized spacial score (nSPS) is 16.1. The van der Waals surface area contributed by atoms with Crippen LogP contribution >= 0.6 is 0 Å². The van der Waals surface area contributed by atoms with Gasteiger partial charge in [-0.25, -0.2) is 4.98 Å². The van der Waals surface area contributed by atoms with Gasteiger partial charge < -0.3 is 14.2 Å². The van der Waals surface area contributed by atoms with Crippen LogP contribution in [0.25, 0.3) is 11.5 Å². The Bertz CT molecular complexity index is 601. The quantitative estimate of drug-likeness (QED) is 0.866. The summed E-state index contributed by atoms with van der Waals surface area (Å²) in [6, 6.07) is 9.61. The summed E-state index contributed by atoms with van der Waals surface area (Å²) in [7, 11) is 0. The van der Waals surface area contributed by atoms with Crippen molar-refractivity contribution in [3.63, 3.8) is 0 Å². The van der Waals surface area contributed by atoms with Gasteiger partial charge in [-0.15, -0.1) is 0 Å². The Hall–Kier alpha value is -2.14. The van der Waals surface area contributed by atoms with Crippen LogP contribution in [0, 0.1) is 0 Å². The van der Waals surface area contributed by atoms with E-state index in [2.05, 4.69) is 16.8 Å². The highest BCUT2D eigenvalue weighted by Gasteiger charge is 2.24. The van der Waals surface area contributed by atoms with Gasteiger partial charge in [-0.05, 0) is 18.7 Å². The first-order valence-corrected chi connectivity index (χ1v) is 7.31. The second-order valence-electron chi connectivity index (χ2n) is 5.12. The predicted molar refractivity (Wildman–Crippen MR) is 80.0 cm³/mol. The number of benzene rings is 1. The van der Waals surface area contributed by atoms with E-state index in [0.29, 0.717) is 11.7 Å². The van der Waals surface area contributed by atoms with E-state index in [1.807, 2.05) is 35.2 Å². The average Bonchev–Trinajstić information content (AvgIpc) is 3.05. The number of oxazole rings is 1. The topological polar surface area (TPSA) is 49.6 Å². The number of hydrogen-bond donors (Lipinski definition) is 0. The van der Waals surface area contributed by atoms with Crippen LogP contribution < -0.4 is 0 Å². The van der Waals surface area contributed by atoms with Gasteiger partial charge in [0.25, 0.3) is 5.91 Å². The van der Waals surface area contributed by atoms with E-state index in [1.165, 1.54) is 6.20 Å². The fourth-order valence-electron chi connectivity index (χ4n) is 2.51. The van der Waals surface area contributed by atoms with E-state index in [0.717, 1.165) is 38.3 Å². The van der Waals surface area contributed by atoms with Crippen LogP contribution in [0.2, 0.25) is 0 Å². The number of rotatable bonds is 3. The zero-order chi connectivity index (χ0) is 14.7. The summed E-state index contributed by atoms with van der Waals surface area (Å²) in [5, 5.41) is 0. The average molecular weight is 285 g/mol. The van der Waals surface area contributed by atoms with Gasteiger partial charge in [-0.1, -0.05) is 25.1 Å². The molecule has 2 aromatic rings. The molecule has 3 rings (SSSR count). The number of amides is 1. The van der Waals surface area contributed by atoms with Gasteiger partial charge in [0, 0.05) is 31.7 Å². The van der Waals surface area contributed by atoms with Gasteiger partial charge >= 0.3 is 0 Å². The van der Waals surface area contributed by atoms with Crippen molar-refractivity contribution in [3.05, 3.63) is 42.3 Å². The van der Waals surface area contributed by atoms with Gasteiger partial charge in [0.2, 0.25) is 11.7 Å². The highest BCUT2D eigenvalue weighted by molar-refractivity contribution is 5.91. The van der Waals surface area contributed by atoms with Crippen LogP contribution in [0.15, 0.2) is 40.9 Å². The number of likely N-dealkylation sites (N-methyl/N-ethyl adjacent to an activating group) is 1. The van der Waals surface area contributed by atoms with Crippen molar-refractivity contribution >= 4 is 5.91 Å². The summed E-state index contributed by atoms with van der Waals surface area (Å²) in [5.41, 5.74) is 0.882. The lowest BCUT2D eigenvalue weighted by Crippen LogP contribution is -2.48. The van der Waals surface area contributed by atoms with Gasteiger partial charge in [0.15, 0.2) is 0 Å². The Balaban J connectivity index is 1.70. The fourth-order valence-corrected chi connectivity index (χ4v) is 2.51. The third kappa shape index (κ3) is 2.97. The van der Waals surface area contributed by atoms with Crippen LogP contribution in [0.5, 0.6) is 0 Å². The molecule has 1 amide bonds. The van der Waals surface area contributed by atoms with Crippen molar-refractivity contribution in [2.45, 2.75) is 6.92 Å². The molecule has 5 nitrogen and oxygen atoms in total. The van der Waals surface area contributed by atoms with Crippen LogP contribution in [0.3, 0.4) is 0 Å². The molecule has 0 spiro atoms. The molecular formula is C16H19N3O2. The lowest BCUT2D eigenvalue weighted by molar-refractivity contribution is 0.0613. The van der Waals surface area contributed by atoms with Gasteiger partial charge in [0.05, 0.1) is 6.20 Å². The third-order valence-corrected chi connectivity index (χ3v) is 3.84. The minimum Gasteiger partial charge on any atom is -0.431 e. The first kappa shape index (κ1) is 13.8. The van der Waals surface area contributed by atoms with Crippen LogP contribution in [0.1, 0.15) is 17.5 Å². The number of carbonyl (C=O) groups excluding carboxylic acids is 1. The SMILES string of the molecule is CCN1CCN(C(=O)c2cnc(-c3ccccc3)o2)CC1. The molecule has 0 aliphatic carbocycles. The summed E-state index contributed by atoms with van der Waals surface area (Å²) in [6.45, 7) is 6.49. The van der Waals surface area contributed by atoms with Crippen molar-refractivity contribution in [2.24, 2.45) is 0 Å². The summed E-state index contributed by atoms with van der Waals surface area (Å²) >= 11 is 0. The number of piperazine rings is 1. The second kappa shape index (κ2) is 6.10. The molecular weight excluding hydrogens is 266 g/mol. The number of nitrogens with zero attached hydrogens (tertiary/aromatic N) is 3. The molecule has 0 saturated carbocycles. The molecule has 2 heterocycles. The summed E-state index contributed by atoms with van der Waals surface area (Å²) < 4.78 is 5.62. The molecule has 0 bridgehead atoms. The molecule has 21 heavy (non-hydrogen) atoms. The smallest absolute Gasteiger partial charge is 0.291 e. The van der Waals surface area contributed by atoms with Crippen molar-refractivity contribution in [2.75, 3.05) is 32.7 Å². The van der Waals surface area contributed by atoms with Crippen molar-refractivity contribution in [1.82, 2.24) is 14.8 Å². The van der Waals surface area contributed by atoms with E-state index in [1.54, 1.807) is 0 Å². The largest absolute Gasteiger partial charge is 0.431 e. The van der Waals surface area contributed by atoms with Gasteiger partial charge in [0.1, 0.15) is 0 Å². The number of hydrogen-bond acceptors (Lipinski definition) is 4. The van der Waals surface area contributed by atoms with Crippen LogP contribution in [0.4, 0.5) is 0 Å². The van der Waals surface area contributed by atoms with E-state index < -0.39 is 0 Å². The Morgan fingerprint density at radius 3 is 2.57 bits per heavy atom. The molecule has 0 radical (unpaired) electrons. The number of carbonyl (C=O) groups is 1. The van der Waals surface area contributed by atoms with Crippen molar-refractivity contribution in [3.8, 4) is 11.5 Å². The lowest BCUT2D eigenvalue weighted by Gasteiger charge is -2.33. The maximum absolute atomic E-state index is 12.4. The van der Waals surface area contributed by atoms with E-state index in [4.69, 9.17) is 4.42 Å². The zero-order valence-corrected chi connectivity index (χ0v) is 12.2. The first-order valence-electron chi connectivity index (χ1n) is 7.31. The summed E-state index contributed by atoms with van der Waals surface area (Å²) in [4.78, 5) is 20.8. The maximum Gasteiger partial charge on any atom is 0.291 e. The Morgan fingerprint density at radius 2 is 1.90 bits per heavy atom. The molecule has 0 N–H and O–H groups in total. The Labute approximate surface area is 124 Å². The molecule has 0 atom stereocenters. The molecule has 1 fully saturated rings. The van der Waals surface area contributed by atoms with Gasteiger partial charge in [-0.3, -0.25) is 4.79 Å². The van der Waals surface area contributed by atoms with Crippen molar-refractivity contribution in [1.29, 1.82) is 0 Å². The fraction of sp³-hybridized carbons (Fsp3) is 0.375. The molecule has 1 aromatic heterocycles. The predicted octanol–water partition coefficient (Wildman–Crippen LogP) is 2.12. The molecule has 1 aliphatic rings. The minimum atomic E-state index is -0.0690. The lowest BCUT2D eigenvalue weighted by atomic mass is 10.2. The Kier molecular flexibility index (Phi) is 4.01. The second-order valence-corrected chi connectivity index (χ2v) is 5.12. The molecule has 0 unspecified atom stereocenters.